The van der Waals surface area contributed by atoms with Gasteiger partial charge in [0.15, 0.2) is 0 Å². The summed E-state index contributed by atoms with van der Waals surface area (Å²) in [7, 11) is 4.14. The lowest BCUT2D eigenvalue weighted by molar-refractivity contribution is 0.425. The van der Waals surface area contributed by atoms with Gasteiger partial charge in [0.2, 0.25) is 0 Å². The average Bonchev–Trinajstić information content (AvgIpc) is 2.78. The third-order valence-electron chi connectivity index (χ3n) is 2.71. The van der Waals surface area contributed by atoms with Gasteiger partial charge < -0.3 is 10.2 Å². The first-order valence-corrected chi connectivity index (χ1v) is 6.19. The van der Waals surface area contributed by atoms with Crippen molar-refractivity contribution in [3.8, 4) is 0 Å². The van der Waals surface area contributed by atoms with Crippen LogP contribution in [0.3, 0.4) is 0 Å². The topological polar surface area (TPSA) is 33.1 Å². The van der Waals surface area contributed by atoms with Crippen LogP contribution in [0.4, 0.5) is 5.69 Å². The molecule has 2 aromatic rings. The molecule has 0 radical (unpaired) electrons. The van der Waals surface area contributed by atoms with Crippen molar-refractivity contribution in [2.75, 3.05) is 32.5 Å². The van der Waals surface area contributed by atoms with Crippen molar-refractivity contribution in [2.24, 2.45) is 0 Å². The Morgan fingerprint density at radius 2 is 2.00 bits per heavy atom. The SMILES string of the molecule is CN(C)CCNc1cnn(Cc2ccccc2)c1. The lowest BCUT2D eigenvalue weighted by Gasteiger charge is -2.09. The summed E-state index contributed by atoms with van der Waals surface area (Å²) in [4.78, 5) is 2.15. The zero-order valence-electron chi connectivity index (χ0n) is 11.0. The van der Waals surface area contributed by atoms with E-state index in [2.05, 4.69) is 53.7 Å². The monoisotopic (exact) mass is 244 g/mol. The molecule has 0 aliphatic rings. The smallest absolute Gasteiger partial charge is 0.0727 e. The predicted octanol–water partition coefficient (Wildman–Crippen LogP) is 1.90. The van der Waals surface area contributed by atoms with Gasteiger partial charge in [0.25, 0.3) is 0 Å². The second-order valence-electron chi connectivity index (χ2n) is 4.64. The standard InChI is InChI=1S/C14H20N4/c1-17(2)9-8-15-14-10-16-18(12-14)11-13-6-4-3-5-7-13/h3-7,10,12,15H,8-9,11H2,1-2H3. The Morgan fingerprint density at radius 1 is 1.22 bits per heavy atom. The molecule has 0 atom stereocenters. The van der Waals surface area contributed by atoms with E-state index in [9.17, 15) is 0 Å². The fraction of sp³-hybridized carbons (Fsp3) is 0.357. The maximum atomic E-state index is 4.35. The number of aromatic nitrogens is 2. The molecule has 1 heterocycles. The van der Waals surface area contributed by atoms with Gasteiger partial charge in [-0.1, -0.05) is 30.3 Å². The van der Waals surface area contributed by atoms with Crippen LogP contribution in [0, 0.1) is 0 Å². The normalized spacial score (nSPS) is 10.8. The highest BCUT2D eigenvalue weighted by Crippen LogP contribution is 2.07. The highest BCUT2D eigenvalue weighted by Gasteiger charge is 1.99. The van der Waals surface area contributed by atoms with Crippen molar-refractivity contribution in [2.45, 2.75) is 6.54 Å². The number of hydrogen-bond donors (Lipinski definition) is 1. The first kappa shape index (κ1) is 12.6. The van der Waals surface area contributed by atoms with E-state index in [0.29, 0.717) is 0 Å². The van der Waals surface area contributed by atoms with Gasteiger partial charge in [0, 0.05) is 19.3 Å². The molecular weight excluding hydrogens is 224 g/mol. The van der Waals surface area contributed by atoms with Crippen molar-refractivity contribution < 1.29 is 0 Å². The Labute approximate surface area is 108 Å². The van der Waals surface area contributed by atoms with Crippen molar-refractivity contribution in [1.29, 1.82) is 0 Å². The van der Waals surface area contributed by atoms with Crippen LogP contribution < -0.4 is 5.32 Å². The summed E-state index contributed by atoms with van der Waals surface area (Å²) < 4.78 is 1.95. The molecule has 1 aromatic carbocycles. The van der Waals surface area contributed by atoms with E-state index in [1.54, 1.807) is 0 Å². The zero-order chi connectivity index (χ0) is 12.8. The van der Waals surface area contributed by atoms with Crippen LogP contribution >= 0.6 is 0 Å². The molecule has 0 spiro atoms. The number of nitrogens with one attached hydrogen (secondary N) is 1. The van der Waals surface area contributed by atoms with Crippen molar-refractivity contribution in [1.82, 2.24) is 14.7 Å². The Hall–Kier alpha value is -1.81. The maximum Gasteiger partial charge on any atom is 0.0727 e. The number of hydrogen-bond acceptors (Lipinski definition) is 3. The molecular formula is C14H20N4. The number of nitrogens with zero attached hydrogens (tertiary/aromatic N) is 3. The van der Waals surface area contributed by atoms with Gasteiger partial charge in [-0.3, -0.25) is 4.68 Å². The largest absolute Gasteiger partial charge is 0.381 e. The first-order valence-electron chi connectivity index (χ1n) is 6.19. The summed E-state index contributed by atoms with van der Waals surface area (Å²) >= 11 is 0. The molecule has 0 aliphatic carbocycles. The van der Waals surface area contributed by atoms with Crippen molar-refractivity contribution in [3.05, 3.63) is 48.3 Å². The van der Waals surface area contributed by atoms with Crippen LogP contribution in [0.5, 0.6) is 0 Å². The average molecular weight is 244 g/mol. The maximum absolute atomic E-state index is 4.35. The van der Waals surface area contributed by atoms with Gasteiger partial charge in [0.1, 0.15) is 0 Å². The van der Waals surface area contributed by atoms with Crippen LogP contribution in [-0.2, 0) is 6.54 Å². The Kier molecular flexibility index (Phi) is 4.36. The second kappa shape index (κ2) is 6.21. The summed E-state index contributed by atoms with van der Waals surface area (Å²) in [5.74, 6) is 0. The molecule has 0 amide bonds. The van der Waals surface area contributed by atoms with Crippen LogP contribution in [0.1, 0.15) is 5.56 Å². The van der Waals surface area contributed by atoms with E-state index >= 15 is 0 Å². The summed E-state index contributed by atoms with van der Waals surface area (Å²) in [6, 6.07) is 10.4. The molecule has 1 N–H and O–H groups in total. The minimum Gasteiger partial charge on any atom is -0.381 e. The molecule has 4 nitrogen and oxygen atoms in total. The van der Waals surface area contributed by atoms with Crippen molar-refractivity contribution >= 4 is 5.69 Å². The number of benzene rings is 1. The van der Waals surface area contributed by atoms with Crippen LogP contribution in [-0.4, -0.2) is 41.9 Å². The Morgan fingerprint density at radius 3 is 2.72 bits per heavy atom. The lowest BCUT2D eigenvalue weighted by atomic mass is 10.2. The zero-order valence-corrected chi connectivity index (χ0v) is 11.0. The van der Waals surface area contributed by atoms with Gasteiger partial charge in [-0.2, -0.15) is 5.10 Å². The number of rotatable bonds is 6. The minimum absolute atomic E-state index is 0.816. The fourth-order valence-corrected chi connectivity index (χ4v) is 1.74. The molecule has 4 heteroatoms. The predicted molar refractivity (Wildman–Crippen MR) is 74.8 cm³/mol. The molecule has 0 fully saturated rings. The van der Waals surface area contributed by atoms with Gasteiger partial charge in [0.05, 0.1) is 18.4 Å². The molecule has 96 valence electrons. The molecule has 0 bridgehead atoms. The fourth-order valence-electron chi connectivity index (χ4n) is 1.74. The summed E-state index contributed by atoms with van der Waals surface area (Å²) in [6.45, 7) is 2.77. The van der Waals surface area contributed by atoms with E-state index in [0.717, 1.165) is 25.3 Å². The summed E-state index contributed by atoms with van der Waals surface area (Å²) in [5, 5.41) is 7.71. The van der Waals surface area contributed by atoms with Crippen LogP contribution in [0.15, 0.2) is 42.7 Å². The van der Waals surface area contributed by atoms with E-state index in [1.807, 2.05) is 23.1 Å². The van der Waals surface area contributed by atoms with Gasteiger partial charge >= 0.3 is 0 Å². The van der Waals surface area contributed by atoms with Gasteiger partial charge in [-0.25, -0.2) is 0 Å². The molecule has 0 saturated carbocycles. The van der Waals surface area contributed by atoms with E-state index in [1.165, 1.54) is 5.56 Å². The van der Waals surface area contributed by atoms with E-state index in [-0.39, 0.29) is 0 Å². The number of anilines is 1. The molecule has 1 aromatic heterocycles. The van der Waals surface area contributed by atoms with Gasteiger partial charge in [-0.15, -0.1) is 0 Å². The highest BCUT2D eigenvalue weighted by atomic mass is 15.3. The van der Waals surface area contributed by atoms with Crippen molar-refractivity contribution in [3.63, 3.8) is 0 Å². The highest BCUT2D eigenvalue weighted by molar-refractivity contribution is 5.38. The van der Waals surface area contributed by atoms with Gasteiger partial charge in [-0.05, 0) is 19.7 Å². The first-order chi connectivity index (χ1) is 8.74. The third-order valence-corrected chi connectivity index (χ3v) is 2.71. The lowest BCUT2D eigenvalue weighted by Crippen LogP contribution is -2.20. The molecule has 18 heavy (non-hydrogen) atoms. The van der Waals surface area contributed by atoms with E-state index < -0.39 is 0 Å². The molecule has 2 rings (SSSR count). The molecule has 0 unspecified atom stereocenters. The van der Waals surface area contributed by atoms with Crippen LogP contribution in [0.2, 0.25) is 0 Å². The van der Waals surface area contributed by atoms with E-state index in [4.69, 9.17) is 0 Å². The quantitative estimate of drug-likeness (QED) is 0.842. The molecule has 0 saturated heterocycles. The molecule has 0 aliphatic heterocycles. The second-order valence-corrected chi connectivity index (χ2v) is 4.64. The third kappa shape index (κ3) is 3.89. The minimum atomic E-state index is 0.816. The summed E-state index contributed by atoms with van der Waals surface area (Å²) in [6.07, 6.45) is 3.92. The Balaban J connectivity index is 1.86. The van der Waals surface area contributed by atoms with Crippen LogP contribution in [0.25, 0.3) is 0 Å². The number of likely N-dealkylation sites (N-methyl/N-ethyl adjacent to an activating group) is 1. The Bertz CT molecular complexity index is 462. The summed E-state index contributed by atoms with van der Waals surface area (Å²) in [5.41, 5.74) is 2.34.